The number of nitrogens with zero attached hydrogens (tertiary/aromatic N) is 2. The molecule has 0 spiro atoms. The van der Waals surface area contributed by atoms with Crippen LogP contribution in [0.15, 0.2) is 0 Å². The third-order valence-electron chi connectivity index (χ3n) is 2.86. The molecule has 1 aromatic heterocycles. The lowest BCUT2D eigenvalue weighted by molar-refractivity contribution is 0.0605. The molecule has 0 N–H and O–H groups in total. The SMILES string of the molecule is COC(=O)c1sc(N(C)C(C)CCSC)nc1C. The van der Waals surface area contributed by atoms with E-state index in [9.17, 15) is 4.79 Å². The van der Waals surface area contributed by atoms with Crippen LogP contribution in [0.3, 0.4) is 0 Å². The van der Waals surface area contributed by atoms with Crippen molar-refractivity contribution in [2.24, 2.45) is 0 Å². The first kappa shape index (κ1) is 15.3. The van der Waals surface area contributed by atoms with Crippen LogP contribution in [0.1, 0.15) is 28.7 Å². The summed E-state index contributed by atoms with van der Waals surface area (Å²) < 4.78 is 4.75. The Kier molecular flexibility index (Phi) is 5.95. The summed E-state index contributed by atoms with van der Waals surface area (Å²) in [7, 11) is 3.41. The molecule has 1 heterocycles. The maximum absolute atomic E-state index is 11.5. The Morgan fingerprint density at radius 1 is 1.61 bits per heavy atom. The fourth-order valence-electron chi connectivity index (χ4n) is 1.49. The number of anilines is 1. The molecular weight excluding hydrogens is 268 g/mol. The maximum Gasteiger partial charge on any atom is 0.350 e. The van der Waals surface area contributed by atoms with Gasteiger partial charge < -0.3 is 9.64 Å². The van der Waals surface area contributed by atoms with Gasteiger partial charge in [0.1, 0.15) is 4.88 Å². The fraction of sp³-hybridized carbons (Fsp3) is 0.667. The predicted molar refractivity (Wildman–Crippen MR) is 79.1 cm³/mol. The molecule has 0 aliphatic heterocycles. The van der Waals surface area contributed by atoms with Gasteiger partial charge >= 0.3 is 5.97 Å². The molecular formula is C12H20N2O2S2. The molecule has 0 bridgehead atoms. The van der Waals surface area contributed by atoms with E-state index in [2.05, 4.69) is 23.1 Å². The van der Waals surface area contributed by atoms with Crippen LogP contribution in [0, 0.1) is 6.92 Å². The van der Waals surface area contributed by atoms with E-state index >= 15 is 0 Å². The van der Waals surface area contributed by atoms with Crippen molar-refractivity contribution in [1.82, 2.24) is 4.98 Å². The van der Waals surface area contributed by atoms with Crippen LogP contribution >= 0.6 is 23.1 Å². The van der Waals surface area contributed by atoms with Crippen LogP contribution in [0.2, 0.25) is 0 Å². The smallest absolute Gasteiger partial charge is 0.350 e. The monoisotopic (exact) mass is 288 g/mol. The van der Waals surface area contributed by atoms with E-state index in [1.165, 1.54) is 18.4 Å². The number of methoxy groups -OCH3 is 1. The zero-order chi connectivity index (χ0) is 13.7. The Bertz CT molecular complexity index is 407. The zero-order valence-corrected chi connectivity index (χ0v) is 13.2. The topological polar surface area (TPSA) is 42.4 Å². The van der Waals surface area contributed by atoms with Crippen molar-refractivity contribution >= 4 is 34.2 Å². The quantitative estimate of drug-likeness (QED) is 0.753. The van der Waals surface area contributed by atoms with Crippen molar-refractivity contribution < 1.29 is 9.53 Å². The van der Waals surface area contributed by atoms with E-state index in [-0.39, 0.29) is 5.97 Å². The summed E-state index contributed by atoms with van der Waals surface area (Å²) in [6.45, 7) is 4.01. The molecule has 4 nitrogen and oxygen atoms in total. The number of hydrogen-bond acceptors (Lipinski definition) is 6. The molecule has 0 fully saturated rings. The van der Waals surface area contributed by atoms with Gasteiger partial charge in [-0.2, -0.15) is 11.8 Å². The predicted octanol–water partition coefficient (Wildman–Crippen LogP) is 2.82. The van der Waals surface area contributed by atoms with Gasteiger partial charge in [-0.05, 0) is 32.3 Å². The molecule has 0 radical (unpaired) electrons. The number of carbonyl (C=O) groups is 1. The molecule has 0 saturated carbocycles. The van der Waals surface area contributed by atoms with Gasteiger partial charge in [0.15, 0.2) is 5.13 Å². The molecule has 1 unspecified atom stereocenters. The van der Waals surface area contributed by atoms with Gasteiger partial charge in [0.05, 0.1) is 12.8 Å². The second-order valence-corrected chi connectivity index (χ2v) is 6.11. The Balaban J connectivity index is 2.80. The molecule has 18 heavy (non-hydrogen) atoms. The van der Waals surface area contributed by atoms with Crippen LogP contribution in [-0.2, 0) is 4.74 Å². The number of aryl methyl sites for hydroxylation is 1. The van der Waals surface area contributed by atoms with E-state index < -0.39 is 0 Å². The molecule has 0 aliphatic rings. The average Bonchev–Trinajstić information content (AvgIpc) is 2.76. The number of aromatic nitrogens is 1. The first-order valence-corrected chi connectivity index (χ1v) is 7.99. The van der Waals surface area contributed by atoms with Crippen LogP contribution < -0.4 is 4.90 Å². The highest BCUT2D eigenvalue weighted by molar-refractivity contribution is 7.98. The van der Waals surface area contributed by atoms with E-state index in [4.69, 9.17) is 4.74 Å². The highest BCUT2D eigenvalue weighted by atomic mass is 32.2. The van der Waals surface area contributed by atoms with Gasteiger partial charge in [0.2, 0.25) is 0 Å². The van der Waals surface area contributed by atoms with Gasteiger partial charge in [0, 0.05) is 13.1 Å². The molecule has 0 aliphatic carbocycles. The van der Waals surface area contributed by atoms with Crippen molar-refractivity contribution in [3.05, 3.63) is 10.6 Å². The summed E-state index contributed by atoms with van der Waals surface area (Å²) in [5.74, 6) is 0.820. The van der Waals surface area contributed by atoms with Crippen LogP contribution in [0.4, 0.5) is 5.13 Å². The Morgan fingerprint density at radius 2 is 2.28 bits per heavy atom. The zero-order valence-electron chi connectivity index (χ0n) is 11.5. The first-order chi connectivity index (χ1) is 8.51. The second kappa shape index (κ2) is 6.99. The van der Waals surface area contributed by atoms with Crippen LogP contribution in [0.5, 0.6) is 0 Å². The molecule has 0 amide bonds. The number of hydrogen-bond donors (Lipinski definition) is 0. The Labute approximate surface area is 117 Å². The molecule has 0 saturated heterocycles. The number of ether oxygens (including phenoxy) is 1. The number of thiazole rings is 1. The highest BCUT2D eigenvalue weighted by Gasteiger charge is 2.19. The van der Waals surface area contributed by atoms with Crippen molar-refractivity contribution in [3.8, 4) is 0 Å². The third kappa shape index (κ3) is 3.62. The van der Waals surface area contributed by atoms with Gasteiger partial charge in [-0.15, -0.1) is 0 Å². The molecule has 1 atom stereocenters. The van der Waals surface area contributed by atoms with E-state index in [1.807, 2.05) is 25.7 Å². The minimum absolute atomic E-state index is 0.304. The maximum atomic E-state index is 11.5. The summed E-state index contributed by atoms with van der Waals surface area (Å²) in [6.07, 6.45) is 3.21. The summed E-state index contributed by atoms with van der Waals surface area (Å²) in [4.78, 5) is 18.7. The summed E-state index contributed by atoms with van der Waals surface area (Å²) in [5, 5.41) is 0.876. The van der Waals surface area contributed by atoms with Crippen molar-refractivity contribution in [1.29, 1.82) is 0 Å². The second-order valence-electron chi connectivity index (χ2n) is 4.14. The third-order valence-corrected chi connectivity index (χ3v) is 4.73. The standard InChI is InChI=1S/C12H20N2O2S2/c1-8(6-7-17-5)14(3)12-13-9(2)10(18-12)11(15)16-4/h8H,6-7H2,1-5H3. The Hall–Kier alpha value is -0.750. The lowest BCUT2D eigenvalue weighted by Gasteiger charge is -2.23. The highest BCUT2D eigenvalue weighted by Crippen LogP contribution is 2.27. The van der Waals surface area contributed by atoms with E-state index in [0.29, 0.717) is 10.9 Å². The number of rotatable bonds is 6. The summed E-state index contributed by atoms with van der Waals surface area (Å²) in [5.41, 5.74) is 0.741. The van der Waals surface area contributed by atoms with Gasteiger partial charge in [-0.1, -0.05) is 11.3 Å². The molecule has 6 heteroatoms. The van der Waals surface area contributed by atoms with Crippen LogP contribution in [0.25, 0.3) is 0 Å². The molecule has 102 valence electrons. The summed E-state index contributed by atoms with van der Waals surface area (Å²) in [6, 6.07) is 0.411. The van der Waals surface area contributed by atoms with E-state index in [0.717, 1.165) is 23.0 Å². The van der Waals surface area contributed by atoms with Crippen LogP contribution in [-0.4, -0.2) is 43.2 Å². The average molecular weight is 288 g/mol. The number of thioether (sulfide) groups is 1. The molecule has 1 aromatic rings. The van der Waals surface area contributed by atoms with Crippen molar-refractivity contribution in [3.63, 3.8) is 0 Å². The van der Waals surface area contributed by atoms with Gasteiger partial charge in [-0.25, -0.2) is 9.78 Å². The lowest BCUT2D eigenvalue weighted by Crippen LogP contribution is -2.29. The summed E-state index contributed by atoms with van der Waals surface area (Å²) >= 11 is 3.24. The lowest BCUT2D eigenvalue weighted by atomic mass is 10.2. The van der Waals surface area contributed by atoms with Crippen molar-refractivity contribution in [2.75, 3.05) is 31.1 Å². The fourth-order valence-corrected chi connectivity index (χ4v) is 3.11. The van der Waals surface area contributed by atoms with Crippen molar-refractivity contribution in [2.45, 2.75) is 26.3 Å². The Morgan fingerprint density at radius 3 is 2.83 bits per heavy atom. The number of carbonyl (C=O) groups excluding carboxylic acids is 1. The minimum atomic E-state index is -0.304. The number of esters is 1. The molecule has 1 rings (SSSR count). The normalized spacial score (nSPS) is 12.3. The van der Waals surface area contributed by atoms with Gasteiger partial charge in [0.25, 0.3) is 0 Å². The largest absolute Gasteiger partial charge is 0.465 e. The molecule has 0 aromatic carbocycles. The van der Waals surface area contributed by atoms with E-state index in [1.54, 1.807) is 0 Å². The minimum Gasteiger partial charge on any atom is -0.465 e. The van der Waals surface area contributed by atoms with Gasteiger partial charge in [-0.3, -0.25) is 0 Å². The first-order valence-electron chi connectivity index (χ1n) is 5.78.